The van der Waals surface area contributed by atoms with E-state index in [1.807, 2.05) is 38.4 Å². The summed E-state index contributed by atoms with van der Waals surface area (Å²) in [5, 5.41) is 19.5. The van der Waals surface area contributed by atoms with Crippen LogP contribution in [0.5, 0.6) is 0 Å². The van der Waals surface area contributed by atoms with E-state index in [0.29, 0.717) is 11.6 Å². The zero-order valence-corrected chi connectivity index (χ0v) is 18.1. The first-order valence-electron chi connectivity index (χ1n) is 9.75. The molecule has 0 unspecified atom stereocenters. The number of fused-ring (bicyclic) bond motifs is 3. The van der Waals surface area contributed by atoms with Crippen molar-refractivity contribution >= 4 is 32.7 Å². The van der Waals surface area contributed by atoms with Crippen molar-refractivity contribution in [3.05, 3.63) is 58.9 Å². The van der Waals surface area contributed by atoms with Gasteiger partial charge in [0, 0.05) is 25.4 Å². The van der Waals surface area contributed by atoms with Gasteiger partial charge in [0.1, 0.15) is 16.1 Å². The van der Waals surface area contributed by atoms with E-state index in [9.17, 15) is 5.11 Å². The van der Waals surface area contributed by atoms with Crippen molar-refractivity contribution in [1.29, 1.82) is 0 Å². The number of nitrogens with zero attached hydrogens (tertiary/aromatic N) is 6. The lowest BCUT2D eigenvalue weighted by molar-refractivity contribution is 0.0784. The maximum Gasteiger partial charge on any atom is 0.154 e. The molecule has 8 heteroatoms. The molecule has 1 N–H and O–H groups in total. The van der Waals surface area contributed by atoms with Crippen molar-refractivity contribution in [3.63, 3.8) is 0 Å². The molecular formula is C22H22N6OS. The fourth-order valence-corrected chi connectivity index (χ4v) is 4.85. The molecule has 0 aliphatic carbocycles. The zero-order valence-electron chi connectivity index (χ0n) is 17.3. The largest absolute Gasteiger partial charge is 0.383 e. The Kier molecular flexibility index (Phi) is 4.23. The summed E-state index contributed by atoms with van der Waals surface area (Å²) in [6, 6.07) is 12.4. The Hall–Kier alpha value is -3.10. The van der Waals surface area contributed by atoms with Crippen LogP contribution in [0.4, 0.5) is 0 Å². The van der Waals surface area contributed by atoms with E-state index >= 15 is 0 Å². The van der Waals surface area contributed by atoms with Crippen molar-refractivity contribution in [2.45, 2.75) is 32.9 Å². The minimum Gasteiger partial charge on any atom is -0.383 e. The van der Waals surface area contributed by atoms with Gasteiger partial charge >= 0.3 is 0 Å². The van der Waals surface area contributed by atoms with E-state index in [1.165, 1.54) is 16.9 Å². The molecule has 0 fully saturated rings. The third-order valence-corrected chi connectivity index (χ3v) is 6.58. The minimum atomic E-state index is -0.995. The average molecular weight is 419 g/mol. The second kappa shape index (κ2) is 6.72. The van der Waals surface area contributed by atoms with Crippen LogP contribution in [-0.2, 0) is 19.2 Å². The number of benzene rings is 1. The van der Waals surface area contributed by atoms with Gasteiger partial charge in [-0.1, -0.05) is 35.5 Å². The molecule has 0 atom stereocenters. The van der Waals surface area contributed by atoms with Gasteiger partial charge in [0.05, 0.1) is 21.6 Å². The first kappa shape index (κ1) is 18.9. The summed E-state index contributed by atoms with van der Waals surface area (Å²) in [5.74, 6) is 0. The molecule has 0 radical (unpaired) electrons. The highest BCUT2D eigenvalue weighted by molar-refractivity contribution is 7.19. The molecule has 0 aliphatic rings. The van der Waals surface area contributed by atoms with Gasteiger partial charge in [-0.05, 0) is 32.4 Å². The highest BCUT2D eigenvalue weighted by Gasteiger charge is 2.25. The molecule has 0 saturated heterocycles. The highest BCUT2D eigenvalue weighted by Crippen LogP contribution is 2.37. The van der Waals surface area contributed by atoms with E-state index in [-0.39, 0.29) is 0 Å². The standard InChI is InChI=1S/C22H22N6OS/c1-13-18(27(4)26-25-13)15-10-16-17(23-11-15)19-20(24-21(30-19)22(2,3)29)28(16)12-14-8-6-5-7-9-14/h5-11,29H,12H2,1-4H3. The summed E-state index contributed by atoms with van der Waals surface area (Å²) < 4.78 is 4.95. The maximum absolute atomic E-state index is 10.5. The van der Waals surface area contributed by atoms with Gasteiger partial charge in [-0.2, -0.15) is 0 Å². The van der Waals surface area contributed by atoms with Crippen LogP contribution in [0.1, 0.15) is 30.1 Å². The van der Waals surface area contributed by atoms with Crippen molar-refractivity contribution in [2.75, 3.05) is 0 Å². The number of pyridine rings is 1. The SMILES string of the molecule is Cc1nnn(C)c1-c1cnc2c3sc(C(C)(C)O)nc3n(Cc3ccccc3)c2c1. The van der Waals surface area contributed by atoms with Crippen molar-refractivity contribution in [1.82, 2.24) is 29.5 Å². The Morgan fingerprint density at radius 2 is 1.93 bits per heavy atom. The summed E-state index contributed by atoms with van der Waals surface area (Å²) in [6.07, 6.45) is 1.86. The van der Waals surface area contributed by atoms with Crippen molar-refractivity contribution in [2.24, 2.45) is 7.05 Å². The Labute approximate surface area is 177 Å². The van der Waals surface area contributed by atoms with Gasteiger partial charge in [0.25, 0.3) is 0 Å². The number of hydrogen-bond acceptors (Lipinski definition) is 6. The molecule has 0 saturated carbocycles. The predicted molar refractivity (Wildman–Crippen MR) is 118 cm³/mol. The quantitative estimate of drug-likeness (QED) is 0.477. The van der Waals surface area contributed by atoms with Crippen LogP contribution in [0.2, 0.25) is 0 Å². The van der Waals surface area contributed by atoms with Gasteiger partial charge in [0.15, 0.2) is 5.65 Å². The first-order valence-corrected chi connectivity index (χ1v) is 10.6. The lowest BCUT2D eigenvalue weighted by Gasteiger charge is -2.13. The maximum atomic E-state index is 10.5. The van der Waals surface area contributed by atoms with Gasteiger partial charge in [-0.3, -0.25) is 4.98 Å². The molecule has 0 aliphatic heterocycles. The first-order chi connectivity index (χ1) is 14.3. The summed E-state index contributed by atoms with van der Waals surface area (Å²) in [4.78, 5) is 9.61. The summed E-state index contributed by atoms with van der Waals surface area (Å²) >= 11 is 1.50. The van der Waals surface area contributed by atoms with Crippen molar-refractivity contribution < 1.29 is 5.11 Å². The lowest BCUT2D eigenvalue weighted by atomic mass is 10.1. The molecule has 30 heavy (non-hydrogen) atoms. The molecule has 0 amide bonds. The lowest BCUT2D eigenvalue weighted by Crippen LogP contribution is -2.15. The summed E-state index contributed by atoms with van der Waals surface area (Å²) in [5.41, 5.74) is 5.71. The van der Waals surface area contributed by atoms with Crippen LogP contribution >= 0.6 is 11.3 Å². The van der Waals surface area contributed by atoms with Crippen LogP contribution in [0.15, 0.2) is 42.6 Å². The number of hydrogen-bond donors (Lipinski definition) is 1. The molecule has 5 rings (SSSR count). The highest BCUT2D eigenvalue weighted by atomic mass is 32.1. The number of aromatic nitrogens is 6. The van der Waals surface area contributed by atoms with Crippen LogP contribution in [0.25, 0.3) is 32.6 Å². The Bertz CT molecular complexity index is 1350. The minimum absolute atomic E-state index is 0.670. The van der Waals surface area contributed by atoms with E-state index in [1.54, 1.807) is 18.5 Å². The van der Waals surface area contributed by atoms with Crippen LogP contribution in [0.3, 0.4) is 0 Å². The smallest absolute Gasteiger partial charge is 0.154 e. The fourth-order valence-electron chi connectivity index (χ4n) is 3.77. The average Bonchev–Trinajstić information content (AvgIpc) is 3.36. The number of thiazole rings is 1. The molecular weight excluding hydrogens is 396 g/mol. The predicted octanol–water partition coefficient (Wildman–Crippen LogP) is 4.03. The molecule has 152 valence electrons. The van der Waals surface area contributed by atoms with Crippen LogP contribution in [0, 0.1) is 6.92 Å². The molecule has 0 spiro atoms. The Morgan fingerprint density at radius 1 is 1.17 bits per heavy atom. The Balaban J connectivity index is 1.78. The van der Waals surface area contributed by atoms with Crippen molar-refractivity contribution in [3.8, 4) is 11.3 Å². The topological polar surface area (TPSA) is 81.7 Å². The van der Waals surface area contributed by atoms with Crippen LogP contribution in [-0.4, -0.2) is 34.6 Å². The fraction of sp³-hybridized carbons (Fsp3) is 0.273. The molecule has 0 bridgehead atoms. The van der Waals surface area contributed by atoms with E-state index < -0.39 is 5.60 Å². The molecule has 5 aromatic rings. The number of rotatable bonds is 4. The van der Waals surface area contributed by atoms with E-state index in [0.717, 1.165) is 38.3 Å². The second-order valence-electron chi connectivity index (χ2n) is 8.04. The Morgan fingerprint density at radius 3 is 2.60 bits per heavy atom. The van der Waals surface area contributed by atoms with Gasteiger partial charge in [-0.25, -0.2) is 9.67 Å². The van der Waals surface area contributed by atoms with Gasteiger partial charge in [-0.15, -0.1) is 16.4 Å². The number of aryl methyl sites for hydroxylation is 2. The third-order valence-electron chi connectivity index (χ3n) is 5.21. The molecule has 1 aromatic carbocycles. The summed E-state index contributed by atoms with van der Waals surface area (Å²) in [6.45, 7) is 6.14. The monoisotopic (exact) mass is 418 g/mol. The van der Waals surface area contributed by atoms with Gasteiger partial charge in [0.2, 0.25) is 0 Å². The normalized spacial score (nSPS) is 12.3. The molecule has 4 aromatic heterocycles. The molecule has 4 heterocycles. The van der Waals surface area contributed by atoms with Crippen LogP contribution < -0.4 is 0 Å². The van der Waals surface area contributed by atoms with Gasteiger partial charge < -0.3 is 9.67 Å². The zero-order chi connectivity index (χ0) is 21.0. The third kappa shape index (κ3) is 3.00. The van der Waals surface area contributed by atoms with E-state index in [2.05, 4.69) is 33.1 Å². The second-order valence-corrected chi connectivity index (χ2v) is 9.04. The summed E-state index contributed by atoms with van der Waals surface area (Å²) in [7, 11) is 1.89. The van der Waals surface area contributed by atoms with E-state index in [4.69, 9.17) is 9.97 Å². The number of aliphatic hydroxyl groups is 1. The molecule has 7 nitrogen and oxygen atoms in total.